The van der Waals surface area contributed by atoms with Crippen LogP contribution in [0, 0.1) is 0 Å². The molecule has 0 spiro atoms. The molecule has 264 valence electrons. The van der Waals surface area contributed by atoms with Crippen molar-refractivity contribution in [2.75, 3.05) is 64.3 Å². The number of likely N-dealkylation sites (tertiary alicyclic amines) is 1. The first-order valence-corrected chi connectivity index (χ1v) is 18.1. The maximum Gasteiger partial charge on any atom is 0.341 e. The van der Waals surface area contributed by atoms with E-state index >= 15 is 0 Å². The minimum atomic E-state index is -1.27. The maximum absolute atomic E-state index is 13.8. The maximum atomic E-state index is 13.8. The van der Waals surface area contributed by atoms with E-state index in [1.807, 2.05) is 47.2 Å². The summed E-state index contributed by atoms with van der Waals surface area (Å²) in [6.07, 6.45) is 6.56. The van der Waals surface area contributed by atoms with E-state index in [0.29, 0.717) is 39.7 Å². The third kappa shape index (κ3) is 7.69. The number of aromatic nitrogens is 4. The van der Waals surface area contributed by atoms with E-state index < -0.39 is 11.4 Å². The Morgan fingerprint density at radius 2 is 1.80 bits per heavy atom. The predicted molar refractivity (Wildman–Crippen MR) is 197 cm³/mol. The highest BCUT2D eigenvalue weighted by molar-refractivity contribution is 7.13. The van der Waals surface area contributed by atoms with E-state index in [0.717, 1.165) is 76.6 Å². The van der Waals surface area contributed by atoms with Gasteiger partial charge in [0.2, 0.25) is 5.43 Å². The fourth-order valence-corrected chi connectivity index (χ4v) is 7.64. The number of carboxylic acids is 1. The minimum absolute atomic E-state index is 0.0270. The normalized spacial score (nSPS) is 17.0. The molecule has 2 aliphatic rings. The number of piperidine rings is 1. The number of rotatable bonds is 10. The molecule has 3 N–H and O–H groups in total. The first-order chi connectivity index (χ1) is 24.9. The number of ether oxygens (including phenoxy) is 1. The topological polar surface area (TPSA) is 155 Å². The van der Waals surface area contributed by atoms with Crippen LogP contribution in [-0.2, 0) is 4.74 Å². The van der Waals surface area contributed by atoms with Crippen LogP contribution in [0.4, 0.5) is 10.6 Å². The van der Waals surface area contributed by atoms with E-state index in [2.05, 4.69) is 25.4 Å². The van der Waals surface area contributed by atoms with Crippen LogP contribution in [0.2, 0.25) is 0 Å². The number of hydrogen-bond donors (Lipinski definition) is 3. The van der Waals surface area contributed by atoms with Gasteiger partial charge < -0.3 is 24.6 Å². The zero-order valence-corrected chi connectivity index (χ0v) is 29.2. The minimum Gasteiger partial charge on any atom is -0.477 e. The van der Waals surface area contributed by atoms with Crippen LogP contribution < -0.4 is 16.1 Å². The quantitative estimate of drug-likeness (QED) is 0.179. The first-order valence-electron chi connectivity index (χ1n) is 17.2. The van der Waals surface area contributed by atoms with Gasteiger partial charge in [-0.3, -0.25) is 20.0 Å². The van der Waals surface area contributed by atoms with Gasteiger partial charge >= 0.3 is 12.0 Å². The van der Waals surface area contributed by atoms with Crippen molar-refractivity contribution in [3.63, 3.8) is 0 Å². The monoisotopic (exact) mass is 708 g/mol. The highest BCUT2D eigenvalue weighted by Gasteiger charge is 2.26. The van der Waals surface area contributed by atoms with Gasteiger partial charge in [0.1, 0.15) is 16.4 Å². The highest BCUT2D eigenvalue weighted by Crippen LogP contribution is 2.37. The lowest BCUT2D eigenvalue weighted by Crippen LogP contribution is -2.44. The molecule has 0 radical (unpaired) electrons. The fraction of sp³-hybridized carbons (Fsp3) is 0.351. The average molecular weight is 709 g/mol. The molecule has 4 aromatic heterocycles. The Morgan fingerprint density at radius 1 is 1.00 bits per heavy atom. The van der Waals surface area contributed by atoms with Crippen molar-refractivity contribution in [1.29, 1.82) is 0 Å². The lowest BCUT2D eigenvalue weighted by molar-refractivity contribution is 0.0311. The Balaban J connectivity index is 1.27. The zero-order valence-electron chi connectivity index (χ0n) is 28.4. The van der Waals surface area contributed by atoms with Gasteiger partial charge in [0.15, 0.2) is 0 Å². The number of pyridine rings is 3. The second-order valence-corrected chi connectivity index (χ2v) is 13.6. The summed E-state index contributed by atoms with van der Waals surface area (Å²) in [6.45, 7) is 9.22. The summed E-state index contributed by atoms with van der Waals surface area (Å²) in [7, 11) is 0. The van der Waals surface area contributed by atoms with Crippen LogP contribution in [0.3, 0.4) is 0 Å². The number of carbonyl (C=O) groups is 2. The van der Waals surface area contributed by atoms with Gasteiger partial charge in [-0.1, -0.05) is 30.3 Å². The molecule has 13 nitrogen and oxygen atoms in total. The molecule has 51 heavy (non-hydrogen) atoms. The SMILES string of the molecule is CCNC(=O)Nc1cc(-c2nc(-c3ccccc3)cs2)c(-c2cc3c(=O)c(C(=O)O)cn([C@H]4CCCN(CCN5CCOCC5)C4)c3cn2)cn1. The van der Waals surface area contributed by atoms with Crippen LogP contribution >= 0.6 is 11.3 Å². The van der Waals surface area contributed by atoms with E-state index in [9.17, 15) is 19.5 Å². The van der Waals surface area contributed by atoms with Crippen molar-refractivity contribution in [1.82, 2.24) is 34.6 Å². The summed E-state index contributed by atoms with van der Waals surface area (Å²) in [5, 5.41) is 18.5. The molecule has 2 saturated heterocycles. The van der Waals surface area contributed by atoms with Crippen molar-refractivity contribution in [2.24, 2.45) is 0 Å². The second kappa shape index (κ2) is 15.5. The van der Waals surface area contributed by atoms with Crippen molar-refractivity contribution in [3.05, 3.63) is 82.2 Å². The number of fused-ring (bicyclic) bond motifs is 1. The number of nitrogens with zero attached hydrogens (tertiary/aromatic N) is 6. The zero-order chi connectivity index (χ0) is 35.3. The smallest absolute Gasteiger partial charge is 0.341 e. The number of anilines is 1. The van der Waals surface area contributed by atoms with Crippen LogP contribution in [0.15, 0.2) is 71.2 Å². The standard InChI is InChI=1S/C37H40N8O5S/c1-2-38-37(49)42-33-18-26(35-41-31(23-51-35)24-7-4-3-5-8-24)28(19-40-33)30-17-27-32(20-39-30)45(22-29(34(27)46)36(47)48)25-9-6-10-44(21-25)12-11-43-13-15-50-16-14-43/h3-5,7-8,17-20,22-23,25H,2,6,9-16,21H2,1H3,(H,47,48)(H2,38,40,42,49)/t25-/m0/s1. The number of carboxylic acid groups (broad SMARTS) is 1. The van der Waals surface area contributed by atoms with E-state index in [-0.39, 0.29) is 23.0 Å². The number of aromatic carboxylic acids is 1. The van der Waals surface area contributed by atoms with Gasteiger partial charge in [0.25, 0.3) is 0 Å². The molecule has 0 saturated carbocycles. The number of nitrogens with one attached hydrogen (secondary N) is 2. The number of carbonyl (C=O) groups excluding carboxylic acids is 1. The van der Waals surface area contributed by atoms with Crippen LogP contribution in [0.1, 0.15) is 36.2 Å². The molecule has 0 unspecified atom stereocenters. The van der Waals surface area contributed by atoms with Gasteiger partial charge in [-0.25, -0.2) is 19.6 Å². The Bertz CT molecular complexity index is 2100. The third-order valence-electron chi connectivity index (χ3n) is 9.42. The molecule has 0 bridgehead atoms. The molecule has 6 heterocycles. The van der Waals surface area contributed by atoms with Crippen molar-refractivity contribution in [3.8, 4) is 33.1 Å². The highest BCUT2D eigenvalue weighted by atomic mass is 32.1. The van der Waals surface area contributed by atoms with Crippen LogP contribution in [-0.4, -0.2) is 105 Å². The van der Waals surface area contributed by atoms with Crippen LogP contribution in [0.5, 0.6) is 0 Å². The molecule has 14 heteroatoms. The summed E-state index contributed by atoms with van der Waals surface area (Å²) < 4.78 is 7.43. The Morgan fingerprint density at radius 3 is 2.59 bits per heavy atom. The summed E-state index contributed by atoms with van der Waals surface area (Å²) in [6, 6.07) is 12.8. The largest absolute Gasteiger partial charge is 0.477 e. The van der Waals surface area contributed by atoms with E-state index in [1.165, 1.54) is 17.5 Å². The molecule has 7 rings (SSSR count). The van der Waals surface area contributed by atoms with Crippen molar-refractivity contribution >= 4 is 40.1 Å². The first kappa shape index (κ1) is 34.4. The third-order valence-corrected chi connectivity index (χ3v) is 10.3. The molecular weight excluding hydrogens is 669 g/mol. The Hall–Kier alpha value is -5.02. The van der Waals surface area contributed by atoms with Gasteiger partial charge in [-0.15, -0.1) is 11.3 Å². The van der Waals surface area contributed by atoms with Crippen LogP contribution in [0.25, 0.3) is 44.0 Å². The van der Waals surface area contributed by atoms with E-state index in [1.54, 1.807) is 24.5 Å². The van der Waals surface area contributed by atoms with Gasteiger partial charge in [0, 0.05) is 79.8 Å². The number of urea groups is 1. The molecule has 1 atom stereocenters. The number of morpholine rings is 1. The number of thiazole rings is 1. The average Bonchev–Trinajstić information content (AvgIpc) is 3.66. The second-order valence-electron chi connectivity index (χ2n) is 12.7. The molecular formula is C37H40N8O5S. The van der Waals surface area contributed by atoms with Gasteiger partial charge in [0.05, 0.1) is 41.7 Å². The molecule has 2 amide bonds. The lowest BCUT2D eigenvalue weighted by atomic mass is 10.0. The Kier molecular flexibility index (Phi) is 10.4. The summed E-state index contributed by atoms with van der Waals surface area (Å²) in [4.78, 5) is 57.6. The lowest BCUT2D eigenvalue weighted by Gasteiger charge is -2.36. The fourth-order valence-electron chi connectivity index (χ4n) is 6.78. The number of amides is 2. The molecule has 2 aliphatic heterocycles. The van der Waals surface area contributed by atoms with E-state index in [4.69, 9.17) is 14.7 Å². The van der Waals surface area contributed by atoms with Gasteiger partial charge in [-0.05, 0) is 38.4 Å². The molecule has 5 aromatic rings. The molecule has 0 aliphatic carbocycles. The summed E-state index contributed by atoms with van der Waals surface area (Å²) >= 11 is 1.44. The molecule has 2 fully saturated rings. The summed E-state index contributed by atoms with van der Waals surface area (Å²) in [5.41, 5.74) is 3.18. The Labute approximate surface area is 298 Å². The molecule has 1 aromatic carbocycles. The summed E-state index contributed by atoms with van der Waals surface area (Å²) in [5.74, 6) is -0.948. The predicted octanol–water partition coefficient (Wildman–Crippen LogP) is 5.06. The van der Waals surface area contributed by atoms with Gasteiger partial charge in [-0.2, -0.15) is 0 Å². The van der Waals surface area contributed by atoms with Crippen molar-refractivity contribution < 1.29 is 19.4 Å². The number of hydrogen-bond acceptors (Lipinski definition) is 10. The van der Waals surface area contributed by atoms with Crippen molar-refractivity contribution in [2.45, 2.75) is 25.8 Å². The number of benzene rings is 1.